The van der Waals surface area contributed by atoms with Crippen molar-refractivity contribution in [2.24, 2.45) is 5.73 Å². The predicted molar refractivity (Wildman–Crippen MR) is 72.1 cm³/mol. The second-order valence-corrected chi connectivity index (χ2v) is 4.23. The second-order valence-electron chi connectivity index (χ2n) is 4.23. The standard InChI is InChI=1S/C14H18FN3O2/c1-3-18(14(19)13(8-17)20-2)9-11-5-4-10(7-16)6-12(11)15/h4-6,13H,3,8-9,17H2,1-2H3. The van der Waals surface area contributed by atoms with Gasteiger partial charge in [-0.15, -0.1) is 0 Å². The summed E-state index contributed by atoms with van der Waals surface area (Å²) in [5, 5.41) is 8.69. The van der Waals surface area contributed by atoms with E-state index in [1.165, 1.54) is 24.1 Å². The molecular formula is C14H18FN3O2. The summed E-state index contributed by atoms with van der Waals surface area (Å²) in [5.74, 6) is -0.779. The molecule has 0 saturated heterocycles. The van der Waals surface area contributed by atoms with Gasteiger partial charge in [0.05, 0.1) is 11.6 Å². The highest BCUT2D eigenvalue weighted by Crippen LogP contribution is 2.13. The minimum atomic E-state index is -0.726. The van der Waals surface area contributed by atoms with Gasteiger partial charge in [-0.3, -0.25) is 4.79 Å². The van der Waals surface area contributed by atoms with Crippen LogP contribution < -0.4 is 5.73 Å². The van der Waals surface area contributed by atoms with Crippen molar-refractivity contribution in [3.05, 3.63) is 35.1 Å². The van der Waals surface area contributed by atoms with Crippen LogP contribution in [0.4, 0.5) is 4.39 Å². The number of halogens is 1. The van der Waals surface area contributed by atoms with Gasteiger partial charge in [0.1, 0.15) is 11.9 Å². The van der Waals surface area contributed by atoms with Crippen LogP contribution in [-0.4, -0.2) is 37.1 Å². The van der Waals surface area contributed by atoms with E-state index in [0.717, 1.165) is 6.07 Å². The Hall–Kier alpha value is -1.97. The number of likely N-dealkylation sites (N-methyl/N-ethyl adjacent to an activating group) is 1. The summed E-state index contributed by atoms with van der Waals surface area (Å²) in [6.45, 7) is 2.40. The lowest BCUT2D eigenvalue weighted by molar-refractivity contribution is -0.141. The van der Waals surface area contributed by atoms with Gasteiger partial charge in [-0.1, -0.05) is 6.07 Å². The third kappa shape index (κ3) is 3.76. The molecule has 0 aromatic heterocycles. The maximum absolute atomic E-state index is 13.8. The van der Waals surface area contributed by atoms with Crippen molar-refractivity contribution in [2.75, 3.05) is 20.2 Å². The second kappa shape index (κ2) is 7.58. The minimum absolute atomic E-state index is 0.0711. The highest BCUT2D eigenvalue weighted by molar-refractivity contribution is 5.81. The fraction of sp³-hybridized carbons (Fsp3) is 0.429. The Kier molecular flexibility index (Phi) is 6.10. The SMILES string of the molecule is CCN(Cc1ccc(C#N)cc1F)C(=O)C(CN)OC. The maximum Gasteiger partial charge on any atom is 0.253 e. The Morgan fingerprint density at radius 1 is 1.60 bits per heavy atom. The molecule has 0 bridgehead atoms. The number of carbonyl (C=O) groups excluding carboxylic acids is 1. The largest absolute Gasteiger partial charge is 0.370 e. The molecule has 1 rings (SSSR count). The average molecular weight is 279 g/mol. The first-order valence-corrected chi connectivity index (χ1v) is 6.27. The van der Waals surface area contributed by atoms with Crippen LogP contribution in [0.1, 0.15) is 18.1 Å². The van der Waals surface area contributed by atoms with Gasteiger partial charge in [0.25, 0.3) is 5.91 Å². The zero-order chi connectivity index (χ0) is 15.1. The van der Waals surface area contributed by atoms with E-state index < -0.39 is 11.9 Å². The van der Waals surface area contributed by atoms with Crippen LogP contribution in [0, 0.1) is 17.1 Å². The van der Waals surface area contributed by atoms with E-state index >= 15 is 0 Å². The highest BCUT2D eigenvalue weighted by Gasteiger charge is 2.22. The fourth-order valence-electron chi connectivity index (χ4n) is 1.80. The van der Waals surface area contributed by atoms with Gasteiger partial charge in [0, 0.05) is 32.3 Å². The minimum Gasteiger partial charge on any atom is -0.370 e. The molecule has 0 heterocycles. The summed E-state index contributed by atoms with van der Waals surface area (Å²) in [7, 11) is 1.41. The Morgan fingerprint density at radius 3 is 2.75 bits per heavy atom. The molecule has 1 atom stereocenters. The Labute approximate surface area is 117 Å². The lowest BCUT2D eigenvalue weighted by Gasteiger charge is -2.25. The molecule has 0 saturated carbocycles. The van der Waals surface area contributed by atoms with Crippen LogP contribution in [0.5, 0.6) is 0 Å². The van der Waals surface area contributed by atoms with Gasteiger partial charge >= 0.3 is 0 Å². The first-order chi connectivity index (χ1) is 9.57. The number of amides is 1. The van der Waals surface area contributed by atoms with Crippen molar-refractivity contribution in [1.29, 1.82) is 5.26 Å². The Morgan fingerprint density at radius 2 is 2.30 bits per heavy atom. The van der Waals surface area contributed by atoms with Crippen LogP contribution in [0.25, 0.3) is 0 Å². The van der Waals surface area contributed by atoms with E-state index in [1.807, 2.05) is 6.07 Å². The monoisotopic (exact) mass is 279 g/mol. The normalized spacial score (nSPS) is 11.8. The zero-order valence-electron chi connectivity index (χ0n) is 11.6. The summed E-state index contributed by atoms with van der Waals surface area (Å²) in [6.07, 6.45) is -0.726. The predicted octanol–water partition coefficient (Wildman–Crippen LogP) is 1.02. The summed E-state index contributed by atoms with van der Waals surface area (Å²) < 4.78 is 18.8. The van der Waals surface area contributed by atoms with Gasteiger partial charge in [-0.05, 0) is 19.1 Å². The van der Waals surface area contributed by atoms with Crippen molar-refractivity contribution in [2.45, 2.75) is 19.6 Å². The molecule has 0 aliphatic carbocycles. The highest BCUT2D eigenvalue weighted by atomic mass is 19.1. The number of nitriles is 1. The quantitative estimate of drug-likeness (QED) is 0.843. The third-order valence-electron chi connectivity index (χ3n) is 3.01. The zero-order valence-corrected chi connectivity index (χ0v) is 11.6. The van der Waals surface area contributed by atoms with Crippen LogP contribution in [0.15, 0.2) is 18.2 Å². The van der Waals surface area contributed by atoms with Crippen LogP contribution >= 0.6 is 0 Å². The van der Waals surface area contributed by atoms with Gasteiger partial charge < -0.3 is 15.4 Å². The first kappa shape index (κ1) is 16.1. The number of ether oxygens (including phenoxy) is 1. The molecule has 1 amide bonds. The van der Waals surface area contributed by atoms with E-state index in [-0.39, 0.29) is 24.6 Å². The lowest BCUT2D eigenvalue weighted by atomic mass is 10.1. The molecule has 0 radical (unpaired) electrons. The fourth-order valence-corrected chi connectivity index (χ4v) is 1.80. The van der Waals surface area contributed by atoms with Crippen LogP contribution in [0.3, 0.4) is 0 Å². The van der Waals surface area contributed by atoms with Crippen molar-refractivity contribution >= 4 is 5.91 Å². The van der Waals surface area contributed by atoms with Gasteiger partial charge in [-0.2, -0.15) is 5.26 Å². The number of benzene rings is 1. The number of hydrogen-bond donors (Lipinski definition) is 1. The van der Waals surface area contributed by atoms with Crippen molar-refractivity contribution in [1.82, 2.24) is 4.90 Å². The van der Waals surface area contributed by atoms with E-state index in [2.05, 4.69) is 0 Å². The van der Waals surface area contributed by atoms with Crippen molar-refractivity contribution < 1.29 is 13.9 Å². The van der Waals surface area contributed by atoms with Gasteiger partial charge in [0.15, 0.2) is 0 Å². The third-order valence-corrected chi connectivity index (χ3v) is 3.01. The van der Waals surface area contributed by atoms with Gasteiger partial charge in [-0.25, -0.2) is 4.39 Å². The molecule has 1 aromatic rings. The van der Waals surface area contributed by atoms with Crippen molar-refractivity contribution in [3.63, 3.8) is 0 Å². The molecule has 1 aromatic carbocycles. The molecule has 6 heteroatoms. The molecule has 2 N–H and O–H groups in total. The summed E-state index contributed by atoms with van der Waals surface area (Å²) in [4.78, 5) is 13.6. The van der Waals surface area contributed by atoms with Gasteiger partial charge in [0.2, 0.25) is 0 Å². The van der Waals surface area contributed by atoms with Crippen LogP contribution in [0.2, 0.25) is 0 Å². The molecular weight excluding hydrogens is 261 g/mol. The molecule has 5 nitrogen and oxygen atoms in total. The van der Waals surface area contributed by atoms with E-state index in [1.54, 1.807) is 6.92 Å². The Bertz CT molecular complexity index is 510. The van der Waals surface area contributed by atoms with Crippen LogP contribution in [-0.2, 0) is 16.1 Å². The molecule has 108 valence electrons. The number of rotatable bonds is 6. The number of hydrogen-bond acceptors (Lipinski definition) is 4. The van der Waals surface area contributed by atoms with E-state index in [0.29, 0.717) is 12.1 Å². The van der Waals surface area contributed by atoms with E-state index in [4.69, 9.17) is 15.7 Å². The Balaban J connectivity index is 2.89. The number of methoxy groups -OCH3 is 1. The lowest BCUT2D eigenvalue weighted by Crippen LogP contribution is -2.43. The average Bonchev–Trinajstić information content (AvgIpc) is 2.47. The molecule has 0 aliphatic rings. The van der Waals surface area contributed by atoms with Crippen molar-refractivity contribution in [3.8, 4) is 6.07 Å². The topological polar surface area (TPSA) is 79.4 Å². The smallest absolute Gasteiger partial charge is 0.253 e. The molecule has 0 spiro atoms. The molecule has 1 unspecified atom stereocenters. The molecule has 0 aliphatic heterocycles. The summed E-state index contributed by atoms with van der Waals surface area (Å²) in [6, 6.07) is 6.05. The number of nitrogens with two attached hydrogens (primary N) is 1. The molecule has 0 fully saturated rings. The van der Waals surface area contributed by atoms with E-state index in [9.17, 15) is 9.18 Å². The first-order valence-electron chi connectivity index (χ1n) is 6.27. The number of nitrogens with zero attached hydrogens (tertiary/aromatic N) is 2. The number of carbonyl (C=O) groups is 1. The maximum atomic E-state index is 13.8. The summed E-state index contributed by atoms with van der Waals surface area (Å²) >= 11 is 0. The summed E-state index contributed by atoms with van der Waals surface area (Å²) in [5.41, 5.74) is 6.06. The molecule has 20 heavy (non-hydrogen) atoms.